The molecule has 2 rings (SSSR count). The largest absolute Gasteiger partial charge is 0.393 e. The summed E-state index contributed by atoms with van der Waals surface area (Å²) in [5.74, 6) is 1.61. The van der Waals surface area contributed by atoms with E-state index in [9.17, 15) is 5.11 Å². The zero-order valence-electron chi connectivity index (χ0n) is 8.54. The lowest BCUT2D eigenvalue weighted by Crippen LogP contribution is -2.26. The van der Waals surface area contributed by atoms with Crippen molar-refractivity contribution in [3.63, 3.8) is 0 Å². The summed E-state index contributed by atoms with van der Waals surface area (Å²) in [6.07, 6.45) is 12.1. The molecule has 0 bridgehead atoms. The quantitative estimate of drug-likeness (QED) is 0.695. The second-order valence-electron chi connectivity index (χ2n) is 5.00. The lowest BCUT2D eigenvalue weighted by atomic mass is 9.80. The molecule has 0 aromatic carbocycles. The minimum absolute atomic E-state index is 0.0364. The monoisotopic (exact) mass is 182 g/mol. The maximum atomic E-state index is 9.83. The van der Waals surface area contributed by atoms with Crippen LogP contribution < -0.4 is 0 Å². The lowest BCUT2D eigenvalue weighted by molar-refractivity contribution is 0.0564. The first-order valence-corrected chi connectivity index (χ1v) is 6.04. The van der Waals surface area contributed by atoms with Crippen molar-refractivity contribution in [2.45, 2.75) is 63.9 Å². The first-order chi connectivity index (χ1) is 6.36. The van der Waals surface area contributed by atoms with E-state index in [0.717, 1.165) is 12.3 Å². The van der Waals surface area contributed by atoms with E-state index >= 15 is 0 Å². The van der Waals surface area contributed by atoms with Gasteiger partial charge in [-0.05, 0) is 31.1 Å². The standard InChI is InChI=1S/C12H22O/c13-12-8-4-3-7-11(12)9-10-5-1-2-6-10/h10-13H,1-9H2. The highest BCUT2D eigenvalue weighted by molar-refractivity contribution is 4.79. The molecule has 2 unspecified atom stereocenters. The van der Waals surface area contributed by atoms with E-state index in [-0.39, 0.29) is 6.10 Å². The Morgan fingerprint density at radius 2 is 1.46 bits per heavy atom. The molecule has 2 aliphatic rings. The summed E-state index contributed by atoms with van der Waals surface area (Å²) in [7, 11) is 0. The van der Waals surface area contributed by atoms with Crippen molar-refractivity contribution in [1.29, 1.82) is 0 Å². The molecule has 0 aromatic heterocycles. The van der Waals surface area contributed by atoms with Crippen LogP contribution in [0, 0.1) is 11.8 Å². The van der Waals surface area contributed by atoms with Crippen molar-refractivity contribution in [2.24, 2.45) is 11.8 Å². The van der Waals surface area contributed by atoms with Crippen molar-refractivity contribution in [2.75, 3.05) is 0 Å². The van der Waals surface area contributed by atoms with Crippen LogP contribution in [-0.2, 0) is 0 Å². The molecule has 13 heavy (non-hydrogen) atoms. The Labute approximate surface area is 81.5 Å². The van der Waals surface area contributed by atoms with Crippen LogP contribution in [0.5, 0.6) is 0 Å². The van der Waals surface area contributed by atoms with Gasteiger partial charge < -0.3 is 5.11 Å². The van der Waals surface area contributed by atoms with Crippen LogP contribution in [0.25, 0.3) is 0 Å². The lowest BCUT2D eigenvalue weighted by Gasteiger charge is -2.29. The van der Waals surface area contributed by atoms with Crippen LogP contribution in [0.3, 0.4) is 0 Å². The van der Waals surface area contributed by atoms with Crippen LogP contribution in [0.4, 0.5) is 0 Å². The summed E-state index contributed by atoms with van der Waals surface area (Å²) in [5, 5.41) is 9.83. The molecule has 0 radical (unpaired) electrons. The van der Waals surface area contributed by atoms with Gasteiger partial charge in [0, 0.05) is 0 Å². The molecule has 0 saturated heterocycles. The Balaban J connectivity index is 1.78. The van der Waals surface area contributed by atoms with Gasteiger partial charge in [-0.25, -0.2) is 0 Å². The Bertz CT molecular complexity index is 149. The molecule has 2 fully saturated rings. The fraction of sp³-hybridized carbons (Fsp3) is 1.00. The first-order valence-electron chi connectivity index (χ1n) is 6.04. The van der Waals surface area contributed by atoms with Gasteiger partial charge in [0.15, 0.2) is 0 Å². The third-order valence-corrected chi connectivity index (χ3v) is 3.98. The first kappa shape index (κ1) is 9.51. The van der Waals surface area contributed by atoms with Crippen LogP contribution in [0.15, 0.2) is 0 Å². The van der Waals surface area contributed by atoms with Crippen molar-refractivity contribution in [1.82, 2.24) is 0 Å². The fourth-order valence-corrected chi connectivity index (χ4v) is 3.14. The third kappa shape index (κ3) is 2.46. The summed E-state index contributed by atoms with van der Waals surface area (Å²) < 4.78 is 0. The molecule has 1 N–H and O–H groups in total. The summed E-state index contributed by atoms with van der Waals surface area (Å²) in [6.45, 7) is 0. The second-order valence-corrected chi connectivity index (χ2v) is 5.00. The smallest absolute Gasteiger partial charge is 0.0568 e. The Morgan fingerprint density at radius 1 is 0.846 bits per heavy atom. The molecule has 2 aliphatic carbocycles. The predicted octanol–water partition coefficient (Wildman–Crippen LogP) is 3.12. The summed E-state index contributed by atoms with van der Waals surface area (Å²) in [6, 6.07) is 0. The molecule has 1 heteroatoms. The topological polar surface area (TPSA) is 20.2 Å². The van der Waals surface area contributed by atoms with E-state index in [1.165, 1.54) is 51.4 Å². The second kappa shape index (κ2) is 4.45. The van der Waals surface area contributed by atoms with Crippen molar-refractivity contribution in [3.05, 3.63) is 0 Å². The fourth-order valence-electron chi connectivity index (χ4n) is 3.14. The molecular weight excluding hydrogens is 160 g/mol. The minimum atomic E-state index is 0.0364. The minimum Gasteiger partial charge on any atom is -0.393 e. The molecule has 0 amide bonds. The van der Waals surface area contributed by atoms with E-state index < -0.39 is 0 Å². The Kier molecular flexibility index (Phi) is 3.26. The number of aliphatic hydroxyl groups excluding tert-OH is 1. The van der Waals surface area contributed by atoms with Gasteiger partial charge in [0.25, 0.3) is 0 Å². The number of hydrogen-bond donors (Lipinski definition) is 1. The maximum absolute atomic E-state index is 9.83. The van der Waals surface area contributed by atoms with Gasteiger partial charge in [-0.1, -0.05) is 38.5 Å². The van der Waals surface area contributed by atoms with Crippen LogP contribution in [0.2, 0.25) is 0 Å². The Hall–Kier alpha value is -0.0400. The van der Waals surface area contributed by atoms with Gasteiger partial charge in [-0.2, -0.15) is 0 Å². The van der Waals surface area contributed by atoms with Gasteiger partial charge in [-0.15, -0.1) is 0 Å². The summed E-state index contributed by atoms with van der Waals surface area (Å²) in [5.41, 5.74) is 0. The predicted molar refractivity (Wildman–Crippen MR) is 54.5 cm³/mol. The average molecular weight is 182 g/mol. The van der Waals surface area contributed by atoms with Crippen LogP contribution in [-0.4, -0.2) is 11.2 Å². The molecule has 2 atom stereocenters. The van der Waals surface area contributed by atoms with Gasteiger partial charge >= 0.3 is 0 Å². The number of hydrogen-bond acceptors (Lipinski definition) is 1. The summed E-state index contributed by atoms with van der Waals surface area (Å²) in [4.78, 5) is 0. The van der Waals surface area contributed by atoms with Crippen LogP contribution in [0.1, 0.15) is 57.8 Å². The average Bonchev–Trinajstić information content (AvgIpc) is 2.61. The molecular formula is C12H22O. The normalized spacial score (nSPS) is 36.7. The highest BCUT2D eigenvalue weighted by atomic mass is 16.3. The molecule has 2 saturated carbocycles. The molecule has 0 aliphatic heterocycles. The molecule has 0 aromatic rings. The van der Waals surface area contributed by atoms with Gasteiger partial charge in [-0.3, -0.25) is 0 Å². The van der Waals surface area contributed by atoms with E-state index in [0.29, 0.717) is 5.92 Å². The van der Waals surface area contributed by atoms with E-state index in [2.05, 4.69) is 0 Å². The zero-order chi connectivity index (χ0) is 9.10. The van der Waals surface area contributed by atoms with Gasteiger partial charge in [0.2, 0.25) is 0 Å². The number of rotatable bonds is 2. The molecule has 76 valence electrons. The third-order valence-electron chi connectivity index (χ3n) is 3.98. The van der Waals surface area contributed by atoms with E-state index in [4.69, 9.17) is 0 Å². The molecule has 0 spiro atoms. The highest BCUT2D eigenvalue weighted by Gasteiger charge is 2.27. The SMILES string of the molecule is OC1CCCCC1CC1CCCC1. The molecule has 1 nitrogen and oxygen atoms in total. The molecule has 0 heterocycles. The highest BCUT2D eigenvalue weighted by Crippen LogP contribution is 2.35. The van der Waals surface area contributed by atoms with Crippen molar-refractivity contribution < 1.29 is 5.11 Å². The van der Waals surface area contributed by atoms with Crippen molar-refractivity contribution >= 4 is 0 Å². The number of aliphatic hydroxyl groups is 1. The maximum Gasteiger partial charge on any atom is 0.0568 e. The zero-order valence-corrected chi connectivity index (χ0v) is 8.54. The van der Waals surface area contributed by atoms with Crippen molar-refractivity contribution in [3.8, 4) is 0 Å². The summed E-state index contributed by atoms with van der Waals surface area (Å²) >= 11 is 0. The van der Waals surface area contributed by atoms with E-state index in [1.807, 2.05) is 0 Å². The van der Waals surface area contributed by atoms with Crippen LogP contribution >= 0.6 is 0 Å². The van der Waals surface area contributed by atoms with Gasteiger partial charge in [0.1, 0.15) is 0 Å². The Morgan fingerprint density at radius 3 is 2.15 bits per heavy atom. The van der Waals surface area contributed by atoms with Gasteiger partial charge in [0.05, 0.1) is 6.10 Å². The van der Waals surface area contributed by atoms with E-state index in [1.54, 1.807) is 0 Å².